The lowest BCUT2D eigenvalue weighted by molar-refractivity contribution is -0.122. The first kappa shape index (κ1) is 20.2. The van der Waals surface area contributed by atoms with Crippen molar-refractivity contribution in [1.29, 1.82) is 0 Å². The number of aliphatic imine (C=N–C) groups is 1. The van der Waals surface area contributed by atoms with Gasteiger partial charge in [0.25, 0.3) is 0 Å². The number of halogens is 1. The van der Waals surface area contributed by atoms with E-state index in [-0.39, 0.29) is 11.7 Å². The van der Waals surface area contributed by atoms with E-state index in [9.17, 15) is 9.18 Å². The lowest BCUT2D eigenvalue weighted by atomic mass is 9.87. The van der Waals surface area contributed by atoms with Gasteiger partial charge in [-0.05, 0) is 36.8 Å². The number of hydrogen-bond acceptors (Lipinski definition) is 2. The Morgan fingerprint density at radius 3 is 2.50 bits per heavy atom. The van der Waals surface area contributed by atoms with Crippen molar-refractivity contribution in [2.45, 2.75) is 44.9 Å². The van der Waals surface area contributed by atoms with Crippen LogP contribution in [0, 0.1) is 11.7 Å². The summed E-state index contributed by atoms with van der Waals surface area (Å²) in [7, 11) is 1.69. The fourth-order valence-corrected chi connectivity index (χ4v) is 3.35. The molecule has 26 heavy (non-hydrogen) atoms. The van der Waals surface area contributed by atoms with E-state index in [1.165, 1.54) is 38.2 Å². The van der Waals surface area contributed by atoms with Gasteiger partial charge in [0.15, 0.2) is 5.96 Å². The molecular formula is C20H31FN4O. The predicted molar refractivity (Wildman–Crippen MR) is 104 cm³/mol. The third-order valence-electron chi connectivity index (χ3n) is 4.81. The molecule has 5 nitrogen and oxygen atoms in total. The molecule has 2 rings (SSSR count). The van der Waals surface area contributed by atoms with Gasteiger partial charge in [0, 0.05) is 33.1 Å². The first-order valence-corrected chi connectivity index (χ1v) is 9.63. The summed E-state index contributed by atoms with van der Waals surface area (Å²) < 4.78 is 13.6. The quantitative estimate of drug-likeness (QED) is 0.378. The molecule has 1 aromatic rings. The van der Waals surface area contributed by atoms with Crippen LogP contribution >= 0.6 is 0 Å². The van der Waals surface area contributed by atoms with Crippen molar-refractivity contribution in [3.8, 4) is 0 Å². The summed E-state index contributed by atoms with van der Waals surface area (Å²) in [6, 6.07) is 6.78. The summed E-state index contributed by atoms with van der Waals surface area (Å²) in [6.45, 7) is 1.77. The van der Waals surface area contributed by atoms with Crippen LogP contribution in [0.5, 0.6) is 0 Å². The zero-order valence-electron chi connectivity index (χ0n) is 15.7. The van der Waals surface area contributed by atoms with Gasteiger partial charge in [-0.15, -0.1) is 0 Å². The molecule has 1 saturated carbocycles. The minimum Gasteiger partial charge on any atom is -0.356 e. The summed E-state index contributed by atoms with van der Waals surface area (Å²) in [5, 5.41) is 9.28. The number of carbonyl (C=O) groups is 1. The highest BCUT2D eigenvalue weighted by Gasteiger charge is 2.16. The van der Waals surface area contributed by atoms with Crippen molar-refractivity contribution in [2.24, 2.45) is 10.9 Å². The molecule has 0 unspecified atom stereocenters. The van der Waals surface area contributed by atoms with E-state index in [1.807, 2.05) is 6.07 Å². The maximum Gasteiger partial charge on any atom is 0.220 e. The second-order valence-corrected chi connectivity index (χ2v) is 6.83. The van der Waals surface area contributed by atoms with Crippen LogP contribution in [-0.2, 0) is 11.2 Å². The van der Waals surface area contributed by atoms with E-state index in [4.69, 9.17) is 0 Å². The Kier molecular flexibility index (Phi) is 8.93. The predicted octanol–water partition coefficient (Wildman–Crippen LogP) is 2.62. The van der Waals surface area contributed by atoms with Crippen molar-refractivity contribution >= 4 is 11.9 Å². The second kappa shape index (κ2) is 11.5. The maximum absolute atomic E-state index is 13.6. The molecule has 1 aliphatic carbocycles. The number of nitrogens with zero attached hydrogens (tertiary/aromatic N) is 1. The Balaban J connectivity index is 1.57. The van der Waals surface area contributed by atoms with E-state index in [2.05, 4.69) is 20.9 Å². The molecule has 1 aliphatic rings. The standard InChI is InChI=1S/C20H31FN4O/c1-22-20(24-12-11-17-9-5-6-10-18(17)21)25-14-13-23-19(26)15-16-7-3-2-4-8-16/h5-6,9-10,16H,2-4,7-8,11-15H2,1H3,(H,23,26)(H2,22,24,25). The molecule has 6 heteroatoms. The lowest BCUT2D eigenvalue weighted by Gasteiger charge is -2.20. The van der Waals surface area contributed by atoms with Crippen LogP contribution in [0.15, 0.2) is 29.3 Å². The minimum atomic E-state index is -0.182. The lowest BCUT2D eigenvalue weighted by Crippen LogP contribution is -2.42. The molecule has 1 fully saturated rings. The van der Waals surface area contributed by atoms with Gasteiger partial charge in [-0.1, -0.05) is 37.5 Å². The number of benzene rings is 1. The monoisotopic (exact) mass is 362 g/mol. The molecule has 0 spiro atoms. The van der Waals surface area contributed by atoms with Gasteiger partial charge >= 0.3 is 0 Å². The number of hydrogen-bond donors (Lipinski definition) is 3. The number of carbonyl (C=O) groups excluding carboxylic acids is 1. The molecule has 1 aromatic carbocycles. The smallest absolute Gasteiger partial charge is 0.220 e. The largest absolute Gasteiger partial charge is 0.356 e. The van der Waals surface area contributed by atoms with Crippen LogP contribution < -0.4 is 16.0 Å². The van der Waals surface area contributed by atoms with Gasteiger partial charge in [0.1, 0.15) is 5.82 Å². The van der Waals surface area contributed by atoms with Gasteiger partial charge in [0.2, 0.25) is 5.91 Å². The topological polar surface area (TPSA) is 65.5 Å². The first-order valence-electron chi connectivity index (χ1n) is 9.63. The fourth-order valence-electron chi connectivity index (χ4n) is 3.35. The Bertz CT molecular complexity index is 585. The average molecular weight is 362 g/mol. The summed E-state index contributed by atoms with van der Waals surface area (Å²) in [5.74, 6) is 1.17. The number of guanidine groups is 1. The highest BCUT2D eigenvalue weighted by molar-refractivity contribution is 5.80. The molecule has 0 aliphatic heterocycles. The van der Waals surface area contributed by atoms with Gasteiger partial charge in [-0.3, -0.25) is 9.79 Å². The van der Waals surface area contributed by atoms with Crippen molar-refractivity contribution in [3.05, 3.63) is 35.6 Å². The number of nitrogens with one attached hydrogen (secondary N) is 3. The Labute approximate surface area is 155 Å². The van der Waals surface area contributed by atoms with Crippen molar-refractivity contribution in [2.75, 3.05) is 26.7 Å². The van der Waals surface area contributed by atoms with Crippen LogP contribution in [0.4, 0.5) is 4.39 Å². The molecule has 0 aromatic heterocycles. The third kappa shape index (κ3) is 7.42. The molecule has 0 bridgehead atoms. The molecule has 1 amide bonds. The highest BCUT2D eigenvalue weighted by atomic mass is 19.1. The molecule has 0 radical (unpaired) electrons. The number of rotatable bonds is 8. The van der Waals surface area contributed by atoms with E-state index in [1.54, 1.807) is 19.2 Å². The SMILES string of the molecule is CN=C(NCCNC(=O)CC1CCCCC1)NCCc1ccccc1F. The Morgan fingerprint density at radius 2 is 1.77 bits per heavy atom. The maximum atomic E-state index is 13.6. The highest BCUT2D eigenvalue weighted by Crippen LogP contribution is 2.25. The summed E-state index contributed by atoms with van der Waals surface area (Å²) in [4.78, 5) is 16.1. The van der Waals surface area contributed by atoms with Crippen LogP contribution in [0.3, 0.4) is 0 Å². The van der Waals surface area contributed by atoms with E-state index >= 15 is 0 Å². The van der Waals surface area contributed by atoms with Crippen molar-refractivity contribution in [3.63, 3.8) is 0 Å². The molecule has 3 N–H and O–H groups in total. The molecular weight excluding hydrogens is 331 g/mol. The molecule has 144 valence electrons. The van der Waals surface area contributed by atoms with E-state index < -0.39 is 0 Å². The van der Waals surface area contributed by atoms with Crippen molar-refractivity contribution in [1.82, 2.24) is 16.0 Å². The Hall–Kier alpha value is -2.11. The first-order chi connectivity index (χ1) is 12.7. The van der Waals surface area contributed by atoms with E-state index in [0.717, 1.165) is 0 Å². The van der Waals surface area contributed by atoms with Crippen LogP contribution in [0.25, 0.3) is 0 Å². The van der Waals surface area contributed by atoms with Crippen molar-refractivity contribution < 1.29 is 9.18 Å². The average Bonchev–Trinajstić information content (AvgIpc) is 2.66. The van der Waals surface area contributed by atoms with Crippen LogP contribution in [0.1, 0.15) is 44.1 Å². The van der Waals surface area contributed by atoms with Gasteiger partial charge in [-0.25, -0.2) is 4.39 Å². The fraction of sp³-hybridized carbons (Fsp3) is 0.600. The molecule has 0 heterocycles. The normalized spacial score (nSPS) is 15.5. The minimum absolute atomic E-state index is 0.140. The van der Waals surface area contributed by atoms with Crippen LogP contribution in [-0.4, -0.2) is 38.5 Å². The Morgan fingerprint density at radius 1 is 1.08 bits per heavy atom. The summed E-state index contributed by atoms with van der Waals surface area (Å²) in [5.41, 5.74) is 0.686. The summed E-state index contributed by atoms with van der Waals surface area (Å²) in [6.07, 6.45) is 7.43. The van der Waals surface area contributed by atoms with Gasteiger partial charge in [0.05, 0.1) is 0 Å². The number of amides is 1. The third-order valence-corrected chi connectivity index (χ3v) is 4.81. The van der Waals surface area contributed by atoms with Crippen LogP contribution in [0.2, 0.25) is 0 Å². The molecule has 0 atom stereocenters. The van der Waals surface area contributed by atoms with Gasteiger partial charge < -0.3 is 16.0 Å². The second-order valence-electron chi connectivity index (χ2n) is 6.83. The zero-order valence-corrected chi connectivity index (χ0v) is 15.7. The molecule has 0 saturated heterocycles. The summed E-state index contributed by atoms with van der Waals surface area (Å²) >= 11 is 0. The van der Waals surface area contributed by atoms with E-state index in [0.29, 0.717) is 49.9 Å². The van der Waals surface area contributed by atoms with Gasteiger partial charge in [-0.2, -0.15) is 0 Å². The zero-order chi connectivity index (χ0) is 18.6.